The highest BCUT2D eigenvalue weighted by atomic mass is 19.1. The first-order valence-electron chi connectivity index (χ1n) is 10.4. The number of carbonyl (C=O) groups is 1. The molecule has 1 N–H and O–H groups in total. The number of rotatable bonds is 5. The summed E-state index contributed by atoms with van der Waals surface area (Å²) in [4.78, 5) is 20.9. The molecule has 1 aromatic heterocycles. The van der Waals surface area contributed by atoms with Crippen molar-refractivity contribution in [1.82, 2.24) is 20.0 Å². The van der Waals surface area contributed by atoms with Gasteiger partial charge in [0.2, 0.25) is 0 Å². The number of amides is 1. The molecule has 0 atom stereocenters. The Morgan fingerprint density at radius 2 is 1.50 bits per heavy atom. The van der Waals surface area contributed by atoms with Crippen LogP contribution in [-0.2, 0) is 0 Å². The molecule has 0 saturated carbocycles. The van der Waals surface area contributed by atoms with E-state index in [1.807, 2.05) is 12.1 Å². The van der Waals surface area contributed by atoms with Crippen molar-refractivity contribution >= 4 is 17.5 Å². The van der Waals surface area contributed by atoms with Crippen molar-refractivity contribution in [2.75, 3.05) is 75.3 Å². The Kier molecular flexibility index (Phi) is 6.39. The average molecular weight is 414 g/mol. The number of carbonyl (C=O) groups excluding carboxylic acids is 1. The molecular formula is C21H27FN6O2. The van der Waals surface area contributed by atoms with Crippen LogP contribution in [0.2, 0.25) is 0 Å². The zero-order valence-corrected chi connectivity index (χ0v) is 17.0. The van der Waals surface area contributed by atoms with Crippen molar-refractivity contribution in [3.8, 4) is 0 Å². The summed E-state index contributed by atoms with van der Waals surface area (Å²) in [6.45, 7) is 6.91. The van der Waals surface area contributed by atoms with Crippen LogP contribution in [0, 0.1) is 5.82 Å². The van der Waals surface area contributed by atoms with Gasteiger partial charge in [0.05, 0.1) is 6.61 Å². The van der Waals surface area contributed by atoms with Crippen LogP contribution in [-0.4, -0.2) is 96.5 Å². The van der Waals surface area contributed by atoms with Crippen molar-refractivity contribution in [3.63, 3.8) is 0 Å². The summed E-state index contributed by atoms with van der Waals surface area (Å²) in [5.74, 6) is 1.12. The number of benzene rings is 1. The Morgan fingerprint density at radius 1 is 0.900 bits per heavy atom. The molecule has 2 aromatic rings. The summed E-state index contributed by atoms with van der Waals surface area (Å²) in [5.41, 5.74) is 0.381. The third kappa shape index (κ3) is 4.68. The van der Waals surface area contributed by atoms with Gasteiger partial charge in [0.25, 0.3) is 5.91 Å². The van der Waals surface area contributed by atoms with Crippen LogP contribution in [0.3, 0.4) is 0 Å². The van der Waals surface area contributed by atoms with E-state index in [2.05, 4.69) is 24.9 Å². The molecule has 3 heterocycles. The van der Waals surface area contributed by atoms with Crippen molar-refractivity contribution in [2.24, 2.45) is 0 Å². The van der Waals surface area contributed by atoms with Crippen molar-refractivity contribution in [1.29, 1.82) is 0 Å². The third-order valence-electron chi connectivity index (χ3n) is 5.71. The minimum absolute atomic E-state index is 0.143. The molecule has 0 aliphatic carbocycles. The zero-order valence-electron chi connectivity index (χ0n) is 17.0. The number of aliphatic hydroxyl groups excluding tert-OH is 1. The minimum Gasteiger partial charge on any atom is -0.395 e. The van der Waals surface area contributed by atoms with E-state index in [0.29, 0.717) is 38.3 Å². The molecule has 0 spiro atoms. The Balaban J connectivity index is 1.30. The maximum Gasteiger partial charge on any atom is 0.254 e. The van der Waals surface area contributed by atoms with Crippen LogP contribution >= 0.6 is 0 Å². The van der Waals surface area contributed by atoms with Gasteiger partial charge >= 0.3 is 0 Å². The fraction of sp³-hybridized carbons (Fsp3) is 0.476. The quantitative estimate of drug-likeness (QED) is 0.772. The molecule has 8 nitrogen and oxygen atoms in total. The minimum atomic E-state index is -0.398. The molecule has 160 valence electrons. The first kappa shape index (κ1) is 20.5. The predicted molar refractivity (Wildman–Crippen MR) is 112 cm³/mol. The number of anilines is 2. The lowest BCUT2D eigenvalue weighted by molar-refractivity contribution is 0.0746. The molecule has 2 aliphatic rings. The van der Waals surface area contributed by atoms with Crippen molar-refractivity contribution in [3.05, 3.63) is 47.8 Å². The number of hydrogen-bond acceptors (Lipinski definition) is 7. The SMILES string of the molecule is O=C(c1cccc(F)c1)N1CCN(c2ccc(N3CCN(CCO)CC3)nn2)CC1. The molecule has 4 rings (SSSR count). The van der Waals surface area contributed by atoms with Crippen LogP contribution in [0.15, 0.2) is 36.4 Å². The van der Waals surface area contributed by atoms with Gasteiger partial charge in [-0.3, -0.25) is 9.69 Å². The molecule has 0 unspecified atom stereocenters. The zero-order chi connectivity index (χ0) is 20.9. The highest BCUT2D eigenvalue weighted by Gasteiger charge is 2.24. The van der Waals surface area contributed by atoms with Crippen molar-refractivity contribution < 1.29 is 14.3 Å². The molecule has 30 heavy (non-hydrogen) atoms. The average Bonchev–Trinajstić information content (AvgIpc) is 2.80. The number of hydrogen-bond donors (Lipinski definition) is 1. The first-order valence-corrected chi connectivity index (χ1v) is 10.4. The van der Waals surface area contributed by atoms with Gasteiger partial charge in [-0.2, -0.15) is 0 Å². The monoisotopic (exact) mass is 414 g/mol. The number of nitrogens with zero attached hydrogens (tertiary/aromatic N) is 6. The Bertz CT molecular complexity index is 849. The van der Waals surface area contributed by atoms with E-state index < -0.39 is 5.82 Å². The molecule has 9 heteroatoms. The Morgan fingerprint density at radius 3 is 2.03 bits per heavy atom. The molecule has 0 radical (unpaired) electrons. The Labute approximate surface area is 175 Å². The highest BCUT2D eigenvalue weighted by molar-refractivity contribution is 5.94. The molecule has 2 fully saturated rings. The van der Waals surface area contributed by atoms with E-state index in [1.165, 1.54) is 12.1 Å². The topological polar surface area (TPSA) is 76.0 Å². The van der Waals surface area contributed by atoms with Crippen LogP contribution in [0.4, 0.5) is 16.0 Å². The van der Waals surface area contributed by atoms with Gasteiger partial charge in [-0.15, -0.1) is 10.2 Å². The maximum absolute atomic E-state index is 13.4. The van der Waals surface area contributed by atoms with E-state index in [4.69, 9.17) is 5.11 Å². The summed E-state index contributed by atoms with van der Waals surface area (Å²) >= 11 is 0. The number of aromatic nitrogens is 2. The van der Waals surface area contributed by atoms with Gasteiger partial charge < -0.3 is 19.8 Å². The van der Waals surface area contributed by atoms with E-state index in [9.17, 15) is 9.18 Å². The number of aliphatic hydroxyl groups is 1. The van der Waals surface area contributed by atoms with Crippen LogP contribution < -0.4 is 9.80 Å². The fourth-order valence-electron chi connectivity index (χ4n) is 3.94. The van der Waals surface area contributed by atoms with Gasteiger partial charge in [-0.05, 0) is 30.3 Å². The van der Waals surface area contributed by atoms with Gasteiger partial charge in [0, 0.05) is 64.5 Å². The second-order valence-corrected chi connectivity index (χ2v) is 7.59. The maximum atomic E-state index is 13.4. The fourth-order valence-corrected chi connectivity index (χ4v) is 3.94. The Hall–Kier alpha value is -2.78. The van der Waals surface area contributed by atoms with E-state index in [-0.39, 0.29) is 12.5 Å². The lowest BCUT2D eigenvalue weighted by atomic mass is 10.1. The van der Waals surface area contributed by atoms with Gasteiger partial charge in [0.1, 0.15) is 5.82 Å². The lowest BCUT2D eigenvalue weighted by Crippen LogP contribution is -2.49. The van der Waals surface area contributed by atoms with Crippen LogP contribution in [0.25, 0.3) is 0 Å². The normalized spacial score (nSPS) is 18.0. The molecule has 2 saturated heterocycles. The van der Waals surface area contributed by atoms with E-state index in [1.54, 1.807) is 17.0 Å². The number of halogens is 1. The molecule has 1 amide bonds. The van der Waals surface area contributed by atoms with Gasteiger partial charge in [-0.25, -0.2) is 4.39 Å². The van der Waals surface area contributed by atoms with Gasteiger partial charge in [0.15, 0.2) is 11.6 Å². The number of piperazine rings is 2. The molecule has 0 bridgehead atoms. The first-order chi connectivity index (χ1) is 14.6. The largest absolute Gasteiger partial charge is 0.395 e. The summed E-state index contributed by atoms with van der Waals surface area (Å²) in [6, 6.07) is 9.80. The number of β-amino-alcohol motifs (C(OH)–C–C–N with tert-alkyl or cyclic N) is 1. The summed E-state index contributed by atoms with van der Waals surface area (Å²) < 4.78 is 13.4. The smallest absolute Gasteiger partial charge is 0.254 e. The van der Waals surface area contributed by atoms with Crippen LogP contribution in [0.1, 0.15) is 10.4 Å². The predicted octanol–water partition coefficient (Wildman–Crippen LogP) is 0.692. The second kappa shape index (κ2) is 9.36. The molecular weight excluding hydrogens is 387 g/mol. The second-order valence-electron chi connectivity index (χ2n) is 7.59. The summed E-state index contributed by atoms with van der Waals surface area (Å²) in [6.07, 6.45) is 0. The van der Waals surface area contributed by atoms with E-state index in [0.717, 1.165) is 37.8 Å². The molecule has 1 aromatic carbocycles. The van der Waals surface area contributed by atoms with Crippen LogP contribution in [0.5, 0.6) is 0 Å². The van der Waals surface area contributed by atoms with Crippen molar-refractivity contribution in [2.45, 2.75) is 0 Å². The molecule has 2 aliphatic heterocycles. The third-order valence-corrected chi connectivity index (χ3v) is 5.71. The lowest BCUT2D eigenvalue weighted by Gasteiger charge is -2.36. The standard InChI is InChI=1S/C21H27FN6O2/c22-18-3-1-2-17(16-18)21(30)28-12-10-27(11-13-28)20-5-4-19(23-24-20)26-8-6-25(7-9-26)14-15-29/h1-5,16,29H,6-15H2. The summed E-state index contributed by atoms with van der Waals surface area (Å²) in [7, 11) is 0. The highest BCUT2D eigenvalue weighted by Crippen LogP contribution is 2.18. The summed E-state index contributed by atoms with van der Waals surface area (Å²) in [5, 5.41) is 17.9. The van der Waals surface area contributed by atoms with Gasteiger partial charge in [-0.1, -0.05) is 6.07 Å². The van der Waals surface area contributed by atoms with E-state index >= 15 is 0 Å².